The van der Waals surface area contributed by atoms with E-state index >= 15 is 0 Å². The number of benzene rings is 1. The van der Waals surface area contributed by atoms with E-state index in [1.54, 1.807) is 29.8 Å². The van der Waals surface area contributed by atoms with E-state index in [9.17, 15) is 9.90 Å². The summed E-state index contributed by atoms with van der Waals surface area (Å²) in [6, 6.07) is 11.6. The van der Waals surface area contributed by atoms with Crippen LogP contribution in [0.2, 0.25) is 0 Å². The van der Waals surface area contributed by atoms with Gasteiger partial charge in [-0.05, 0) is 71.0 Å². The van der Waals surface area contributed by atoms with Crippen LogP contribution in [0.4, 0.5) is 11.5 Å². The second-order valence-electron chi connectivity index (χ2n) is 9.35. The van der Waals surface area contributed by atoms with Crippen LogP contribution in [-0.4, -0.2) is 58.9 Å². The molecule has 0 bridgehead atoms. The molecule has 1 aliphatic carbocycles. The summed E-state index contributed by atoms with van der Waals surface area (Å²) in [4.78, 5) is 29.0. The minimum atomic E-state index is -0.324. The van der Waals surface area contributed by atoms with Crippen molar-refractivity contribution >= 4 is 39.8 Å². The Hall–Kier alpha value is -3.49. The molecule has 2 aliphatic rings. The first kappa shape index (κ1) is 22.0. The molecule has 2 fully saturated rings. The molecule has 0 unspecified atom stereocenters. The number of aromatic amines is 1. The van der Waals surface area contributed by atoms with Gasteiger partial charge in [0, 0.05) is 49.7 Å². The van der Waals surface area contributed by atoms with Gasteiger partial charge in [-0.2, -0.15) is 11.3 Å². The van der Waals surface area contributed by atoms with Gasteiger partial charge < -0.3 is 10.0 Å². The second-order valence-corrected chi connectivity index (χ2v) is 10.1. The average molecular weight is 486 g/mol. The third-order valence-corrected chi connectivity index (χ3v) is 7.56. The Bertz CT molecular complexity index is 1420. The third-order valence-electron chi connectivity index (χ3n) is 6.88. The zero-order chi connectivity index (χ0) is 23.8. The van der Waals surface area contributed by atoms with Gasteiger partial charge in [-0.3, -0.25) is 19.7 Å². The number of aromatic nitrogens is 2. The van der Waals surface area contributed by atoms with Crippen LogP contribution in [-0.2, 0) is 0 Å². The first-order valence-electron chi connectivity index (χ1n) is 12.0. The standard InChI is InChI=1S/C27H27N5O2S/c33-26-22-5-3-19(20-7-12-35-17-20)13-23(22)24(27(34)30-26)15-28-21-4-6-25(29-14-21)32-10-8-31(9-11-32)16-18-1-2-18/h3-7,12-15,17-18H,1-2,8-11,16H2,(H2,30,33,34). The maximum atomic E-state index is 12.4. The van der Waals surface area contributed by atoms with Gasteiger partial charge in [-0.1, -0.05) is 6.07 Å². The molecule has 1 aliphatic heterocycles. The summed E-state index contributed by atoms with van der Waals surface area (Å²) in [5.74, 6) is 1.70. The van der Waals surface area contributed by atoms with Crippen molar-refractivity contribution in [3.8, 4) is 17.0 Å². The summed E-state index contributed by atoms with van der Waals surface area (Å²) in [6.07, 6.45) is 6.14. The number of thiophene rings is 1. The summed E-state index contributed by atoms with van der Waals surface area (Å²) in [6.45, 7) is 5.40. The smallest absolute Gasteiger partial charge is 0.258 e. The number of hydrogen-bond acceptors (Lipinski definition) is 7. The molecule has 4 aromatic rings. The van der Waals surface area contributed by atoms with E-state index in [2.05, 4.69) is 30.1 Å². The molecule has 4 heterocycles. The normalized spacial score (nSPS) is 17.0. The van der Waals surface area contributed by atoms with Crippen molar-refractivity contribution in [2.75, 3.05) is 37.6 Å². The largest absolute Gasteiger partial charge is 0.494 e. The molecule has 178 valence electrons. The predicted octanol–water partition coefficient (Wildman–Crippen LogP) is 4.64. The molecule has 0 atom stereocenters. The fourth-order valence-corrected chi connectivity index (χ4v) is 5.34. The topological polar surface area (TPSA) is 84.8 Å². The minimum Gasteiger partial charge on any atom is -0.494 e. The van der Waals surface area contributed by atoms with E-state index in [0.717, 1.165) is 49.0 Å². The first-order chi connectivity index (χ1) is 17.1. The number of H-pyrrole nitrogens is 1. The van der Waals surface area contributed by atoms with Crippen LogP contribution in [0.15, 0.2) is 63.1 Å². The summed E-state index contributed by atoms with van der Waals surface area (Å²) in [5.41, 5.74) is 2.91. The lowest BCUT2D eigenvalue weighted by atomic mass is 10.0. The van der Waals surface area contributed by atoms with Gasteiger partial charge in [0.15, 0.2) is 0 Å². The van der Waals surface area contributed by atoms with E-state index in [1.165, 1.54) is 19.4 Å². The molecule has 7 nitrogen and oxygen atoms in total. The number of anilines is 1. The van der Waals surface area contributed by atoms with Gasteiger partial charge >= 0.3 is 0 Å². The highest BCUT2D eigenvalue weighted by molar-refractivity contribution is 7.08. The van der Waals surface area contributed by atoms with E-state index < -0.39 is 0 Å². The lowest BCUT2D eigenvalue weighted by molar-refractivity contribution is 0.247. The van der Waals surface area contributed by atoms with Crippen LogP contribution >= 0.6 is 11.3 Å². The molecule has 0 spiro atoms. The second kappa shape index (κ2) is 9.28. The van der Waals surface area contributed by atoms with Crippen molar-refractivity contribution in [1.29, 1.82) is 0 Å². The van der Waals surface area contributed by atoms with Crippen LogP contribution in [0.1, 0.15) is 18.4 Å². The van der Waals surface area contributed by atoms with Crippen molar-refractivity contribution in [1.82, 2.24) is 14.9 Å². The number of piperazine rings is 1. The highest BCUT2D eigenvalue weighted by atomic mass is 32.1. The highest BCUT2D eigenvalue weighted by Gasteiger charge is 2.26. The van der Waals surface area contributed by atoms with Crippen molar-refractivity contribution in [3.05, 3.63) is 69.3 Å². The fourth-order valence-electron chi connectivity index (χ4n) is 4.68. The zero-order valence-corrected chi connectivity index (χ0v) is 20.2. The molecule has 1 saturated carbocycles. The molecule has 0 amide bonds. The van der Waals surface area contributed by atoms with E-state index in [1.807, 2.05) is 35.7 Å². The average Bonchev–Trinajstić information content (AvgIpc) is 3.52. The Balaban J connectivity index is 1.22. The number of fused-ring (bicyclic) bond motifs is 1. The van der Waals surface area contributed by atoms with Gasteiger partial charge in [0.05, 0.1) is 17.4 Å². The van der Waals surface area contributed by atoms with Crippen molar-refractivity contribution < 1.29 is 5.11 Å². The van der Waals surface area contributed by atoms with Gasteiger partial charge in [0.1, 0.15) is 5.82 Å². The molecule has 35 heavy (non-hydrogen) atoms. The Morgan fingerprint density at radius 1 is 1.09 bits per heavy atom. The van der Waals surface area contributed by atoms with Crippen LogP contribution < -0.4 is 10.5 Å². The fraction of sp³-hybridized carbons (Fsp3) is 0.296. The Labute approximate surface area is 207 Å². The summed E-state index contributed by atoms with van der Waals surface area (Å²) in [7, 11) is 0. The molecular formula is C27H27N5O2S. The summed E-state index contributed by atoms with van der Waals surface area (Å²) < 4.78 is 0. The van der Waals surface area contributed by atoms with Crippen LogP contribution in [0.25, 0.3) is 21.9 Å². The quantitative estimate of drug-likeness (QED) is 0.389. The number of aromatic hydroxyl groups is 1. The summed E-state index contributed by atoms with van der Waals surface area (Å²) >= 11 is 1.62. The lowest BCUT2D eigenvalue weighted by Crippen LogP contribution is -2.47. The van der Waals surface area contributed by atoms with Crippen LogP contribution in [0.3, 0.4) is 0 Å². The first-order valence-corrected chi connectivity index (χ1v) is 13.0. The number of nitrogens with one attached hydrogen (secondary N) is 1. The van der Waals surface area contributed by atoms with Crippen LogP contribution in [0.5, 0.6) is 5.88 Å². The number of nitrogens with zero attached hydrogens (tertiary/aromatic N) is 4. The monoisotopic (exact) mass is 485 g/mol. The van der Waals surface area contributed by atoms with E-state index in [0.29, 0.717) is 22.0 Å². The maximum Gasteiger partial charge on any atom is 0.258 e. The SMILES string of the molecule is O=c1[nH]c(O)c(C=Nc2ccc(N3CCN(CC4CC4)CC3)nc2)c2cc(-c3ccsc3)ccc12. The van der Waals surface area contributed by atoms with Crippen LogP contribution in [0, 0.1) is 5.92 Å². The zero-order valence-electron chi connectivity index (χ0n) is 19.4. The predicted molar refractivity (Wildman–Crippen MR) is 142 cm³/mol. The van der Waals surface area contributed by atoms with Gasteiger partial charge in [0.2, 0.25) is 5.88 Å². The molecule has 1 aromatic carbocycles. The lowest BCUT2D eigenvalue weighted by Gasteiger charge is -2.35. The number of pyridine rings is 2. The third kappa shape index (κ3) is 4.72. The molecule has 6 rings (SSSR count). The molecule has 3 aromatic heterocycles. The van der Waals surface area contributed by atoms with Crippen molar-refractivity contribution in [2.45, 2.75) is 12.8 Å². The van der Waals surface area contributed by atoms with Crippen molar-refractivity contribution in [2.24, 2.45) is 10.9 Å². The van der Waals surface area contributed by atoms with Gasteiger partial charge in [-0.25, -0.2) is 4.98 Å². The molecule has 2 N–H and O–H groups in total. The number of hydrogen-bond donors (Lipinski definition) is 2. The molecule has 1 saturated heterocycles. The number of rotatable bonds is 6. The Kier molecular flexibility index (Phi) is 5.83. The highest BCUT2D eigenvalue weighted by Crippen LogP contribution is 2.31. The molecule has 8 heteroatoms. The maximum absolute atomic E-state index is 12.4. The number of aliphatic imine (C=N–C) groups is 1. The van der Waals surface area contributed by atoms with Gasteiger partial charge in [0.25, 0.3) is 5.56 Å². The van der Waals surface area contributed by atoms with E-state index in [-0.39, 0.29) is 11.4 Å². The molecular weight excluding hydrogens is 458 g/mol. The van der Waals surface area contributed by atoms with Gasteiger partial charge in [-0.15, -0.1) is 0 Å². The van der Waals surface area contributed by atoms with E-state index in [4.69, 9.17) is 0 Å². The summed E-state index contributed by atoms with van der Waals surface area (Å²) in [5, 5.41) is 15.8. The minimum absolute atomic E-state index is 0.192. The Morgan fingerprint density at radius 3 is 2.66 bits per heavy atom. The van der Waals surface area contributed by atoms with Crippen molar-refractivity contribution in [3.63, 3.8) is 0 Å². The Morgan fingerprint density at radius 2 is 1.94 bits per heavy atom. The molecule has 0 radical (unpaired) electrons.